The van der Waals surface area contributed by atoms with Crippen molar-refractivity contribution in [3.8, 4) is 34.3 Å². The number of benzene rings is 2. The summed E-state index contributed by atoms with van der Waals surface area (Å²) < 4.78 is 21.8. The molecule has 132 valence electrons. The van der Waals surface area contributed by atoms with Gasteiger partial charge in [-0.25, -0.2) is 9.97 Å². The van der Waals surface area contributed by atoms with Crippen molar-refractivity contribution in [2.75, 3.05) is 13.6 Å². The van der Waals surface area contributed by atoms with E-state index in [4.69, 9.17) is 18.9 Å². The fraction of sp³-hybridized carbons (Fsp3) is 0.263. The first-order valence-corrected chi connectivity index (χ1v) is 8.23. The molecular formula is C19H16N2O5. The molecule has 0 fully saturated rings. The van der Waals surface area contributed by atoms with Crippen LogP contribution in [0.4, 0.5) is 0 Å². The van der Waals surface area contributed by atoms with Crippen LogP contribution in [0.3, 0.4) is 0 Å². The number of ether oxygens (including phenoxy) is 4. The molecule has 0 aliphatic carbocycles. The number of aromatic nitrogens is 2. The van der Waals surface area contributed by atoms with Gasteiger partial charge in [0.15, 0.2) is 28.8 Å². The quantitative estimate of drug-likeness (QED) is 0.759. The van der Waals surface area contributed by atoms with Crippen LogP contribution in [-0.2, 0) is 5.60 Å². The van der Waals surface area contributed by atoms with Crippen molar-refractivity contribution >= 4 is 10.9 Å². The van der Waals surface area contributed by atoms with Crippen molar-refractivity contribution in [1.82, 2.24) is 9.97 Å². The van der Waals surface area contributed by atoms with Crippen molar-refractivity contribution in [2.45, 2.75) is 19.4 Å². The maximum absolute atomic E-state index is 10.4. The number of aliphatic hydroxyl groups is 1. The van der Waals surface area contributed by atoms with Crippen LogP contribution < -0.4 is 18.9 Å². The first-order chi connectivity index (χ1) is 12.5. The third-order valence-electron chi connectivity index (χ3n) is 4.38. The van der Waals surface area contributed by atoms with E-state index in [1.54, 1.807) is 13.8 Å². The molecule has 2 aliphatic rings. The fourth-order valence-corrected chi connectivity index (χ4v) is 3.06. The summed E-state index contributed by atoms with van der Waals surface area (Å²) in [5.74, 6) is 2.98. The van der Waals surface area contributed by atoms with Gasteiger partial charge in [0.2, 0.25) is 13.6 Å². The highest BCUT2D eigenvalue weighted by Crippen LogP contribution is 2.41. The van der Waals surface area contributed by atoms with Crippen LogP contribution in [0.5, 0.6) is 23.0 Å². The molecule has 0 atom stereocenters. The summed E-state index contributed by atoms with van der Waals surface area (Å²) >= 11 is 0. The smallest absolute Gasteiger partial charge is 0.231 e. The SMILES string of the molecule is CC(C)(O)c1nc(-c2ccc3c(c2)OCO3)c2cc3c(cc2n1)OCO3. The molecular weight excluding hydrogens is 336 g/mol. The molecule has 0 saturated heterocycles. The zero-order valence-corrected chi connectivity index (χ0v) is 14.3. The lowest BCUT2D eigenvalue weighted by molar-refractivity contribution is 0.0692. The molecule has 0 unspecified atom stereocenters. The van der Waals surface area contributed by atoms with Gasteiger partial charge in [0.25, 0.3) is 0 Å². The molecule has 5 rings (SSSR count). The number of nitrogens with zero attached hydrogens (tertiary/aromatic N) is 2. The summed E-state index contributed by atoms with van der Waals surface area (Å²) in [6.45, 7) is 3.70. The molecule has 0 spiro atoms. The predicted octanol–water partition coefficient (Wildman–Crippen LogP) is 2.98. The summed E-state index contributed by atoms with van der Waals surface area (Å²) in [5, 5.41) is 11.2. The van der Waals surface area contributed by atoms with Crippen molar-refractivity contribution in [1.29, 1.82) is 0 Å². The van der Waals surface area contributed by atoms with E-state index in [1.807, 2.05) is 30.3 Å². The third kappa shape index (κ3) is 2.32. The van der Waals surface area contributed by atoms with Gasteiger partial charge < -0.3 is 24.1 Å². The summed E-state index contributed by atoms with van der Waals surface area (Å²) in [5.41, 5.74) is 1.01. The monoisotopic (exact) mass is 352 g/mol. The Kier molecular flexibility index (Phi) is 3.05. The zero-order valence-electron chi connectivity index (χ0n) is 14.3. The Morgan fingerprint density at radius 3 is 2.23 bits per heavy atom. The van der Waals surface area contributed by atoms with E-state index in [0.717, 1.165) is 10.9 Å². The lowest BCUT2D eigenvalue weighted by atomic mass is 10.0. The number of hydrogen-bond acceptors (Lipinski definition) is 7. The standard InChI is InChI=1S/C19H16N2O5/c1-19(2,22)18-20-12-7-16-15(25-9-26-16)6-11(12)17(21-18)10-3-4-13-14(5-10)24-8-23-13/h3-7,22H,8-9H2,1-2H3. The Hall–Kier alpha value is -3.06. The van der Waals surface area contributed by atoms with Crippen molar-refractivity contribution in [3.05, 3.63) is 36.2 Å². The second-order valence-corrected chi connectivity index (χ2v) is 6.75. The third-order valence-corrected chi connectivity index (χ3v) is 4.38. The van der Waals surface area contributed by atoms with Crippen LogP contribution >= 0.6 is 0 Å². The van der Waals surface area contributed by atoms with Gasteiger partial charge in [-0.1, -0.05) is 0 Å². The average molecular weight is 352 g/mol. The molecule has 0 amide bonds. The van der Waals surface area contributed by atoms with E-state index in [0.29, 0.717) is 40.0 Å². The number of rotatable bonds is 2. The maximum atomic E-state index is 10.4. The molecule has 7 heteroatoms. The van der Waals surface area contributed by atoms with Gasteiger partial charge in [-0.05, 0) is 38.1 Å². The summed E-state index contributed by atoms with van der Waals surface area (Å²) in [6.07, 6.45) is 0. The van der Waals surface area contributed by atoms with Gasteiger partial charge in [0, 0.05) is 17.0 Å². The van der Waals surface area contributed by atoms with E-state index in [9.17, 15) is 5.11 Å². The topological polar surface area (TPSA) is 82.9 Å². The van der Waals surface area contributed by atoms with Crippen molar-refractivity contribution in [3.63, 3.8) is 0 Å². The summed E-state index contributed by atoms with van der Waals surface area (Å²) in [7, 11) is 0. The second-order valence-electron chi connectivity index (χ2n) is 6.75. The average Bonchev–Trinajstić information content (AvgIpc) is 3.25. The first kappa shape index (κ1) is 15.2. The molecule has 1 N–H and O–H groups in total. The highest BCUT2D eigenvalue weighted by Gasteiger charge is 2.25. The van der Waals surface area contributed by atoms with Crippen molar-refractivity contribution in [2.24, 2.45) is 0 Å². The molecule has 26 heavy (non-hydrogen) atoms. The molecule has 0 radical (unpaired) electrons. The molecule has 2 aromatic carbocycles. The lowest BCUT2D eigenvalue weighted by Crippen LogP contribution is -2.20. The van der Waals surface area contributed by atoms with E-state index in [1.165, 1.54) is 0 Å². The molecule has 7 nitrogen and oxygen atoms in total. The molecule has 3 heterocycles. The largest absolute Gasteiger partial charge is 0.454 e. The lowest BCUT2D eigenvalue weighted by Gasteiger charge is -2.18. The highest BCUT2D eigenvalue weighted by molar-refractivity contribution is 5.95. The molecule has 3 aromatic rings. The molecule has 0 saturated carbocycles. The van der Waals surface area contributed by atoms with E-state index in [-0.39, 0.29) is 13.6 Å². The number of hydrogen-bond donors (Lipinski definition) is 1. The van der Waals surface area contributed by atoms with Crippen molar-refractivity contribution < 1.29 is 24.1 Å². The normalized spacial score (nSPS) is 14.9. The van der Waals surface area contributed by atoms with Crippen LogP contribution in [0, 0.1) is 0 Å². The van der Waals surface area contributed by atoms with Gasteiger partial charge in [-0.15, -0.1) is 0 Å². The molecule has 0 bridgehead atoms. The maximum Gasteiger partial charge on any atom is 0.231 e. The summed E-state index contributed by atoms with van der Waals surface area (Å²) in [6, 6.07) is 9.32. The van der Waals surface area contributed by atoms with Crippen LogP contribution in [0.25, 0.3) is 22.2 Å². The Morgan fingerprint density at radius 2 is 1.50 bits per heavy atom. The highest BCUT2D eigenvalue weighted by atomic mass is 16.7. The van der Waals surface area contributed by atoms with Gasteiger partial charge in [0.1, 0.15) is 5.60 Å². The fourth-order valence-electron chi connectivity index (χ4n) is 3.06. The summed E-state index contributed by atoms with van der Waals surface area (Å²) in [4.78, 5) is 9.17. The Balaban J connectivity index is 1.79. The minimum absolute atomic E-state index is 0.177. The minimum atomic E-state index is -1.18. The van der Waals surface area contributed by atoms with Gasteiger partial charge in [-0.3, -0.25) is 0 Å². The van der Waals surface area contributed by atoms with Gasteiger partial charge in [-0.2, -0.15) is 0 Å². The van der Waals surface area contributed by atoms with Gasteiger partial charge >= 0.3 is 0 Å². The van der Waals surface area contributed by atoms with Gasteiger partial charge in [0.05, 0.1) is 11.2 Å². The van der Waals surface area contributed by atoms with Crippen LogP contribution in [0.1, 0.15) is 19.7 Å². The predicted molar refractivity (Wildman–Crippen MR) is 92.5 cm³/mol. The van der Waals surface area contributed by atoms with E-state index < -0.39 is 5.60 Å². The van der Waals surface area contributed by atoms with Crippen LogP contribution in [0.2, 0.25) is 0 Å². The van der Waals surface area contributed by atoms with Crippen LogP contribution in [-0.4, -0.2) is 28.7 Å². The minimum Gasteiger partial charge on any atom is -0.454 e. The van der Waals surface area contributed by atoms with E-state index in [2.05, 4.69) is 9.97 Å². The van der Waals surface area contributed by atoms with E-state index >= 15 is 0 Å². The first-order valence-electron chi connectivity index (χ1n) is 8.23. The second kappa shape index (κ2) is 5.22. The number of fused-ring (bicyclic) bond motifs is 3. The Labute approximate surface area is 149 Å². The molecule has 1 aromatic heterocycles. The Bertz CT molecular complexity index is 1040. The zero-order chi connectivity index (χ0) is 17.9. The Morgan fingerprint density at radius 1 is 0.846 bits per heavy atom. The van der Waals surface area contributed by atoms with Crippen LogP contribution in [0.15, 0.2) is 30.3 Å². The molecule has 2 aliphatic heterocycles.